The lowest BCUT2D eigenvalue weighted by Crippen LogP contribution is -2.08. The molecule has 2 heterocycles. The van der Waals surface area contributed by atoms with Gasteiger partial charge in [0.2, 0.25) is 0 Å². The van der Waals surface area contributed by atoms with Crippen molar-refractivity contribution in [2.45, 2.75) is 5.16 Å². The van der Waals surface area contributed by atoms with E-state index < -0.39 is 0 Å². The molecule has 0 amide bonds. The highest BCUT2D eigenvalue weighted by Crippen LogP contribution is 2.12. The van der Waals surface area contributed by atoms with E-state index in [9.17, 15) is 4.79 Å². The highest BCUT2D eigenvalue weighted by atomic mass is 32.2. The third kappa shape index (κ3) is 1.10. The van der Waals surface area contributed by atoms with Gasteiger partial charge in [-0.1, -0.05) is 11.8 Å². The first kappa shape index (κ1) is 7.35. The van der Waals surface area contributed by atoms with Crippen molar-refractivity contribution in [2.75, 3.05) is 6.26 Å². The molecule has 0 aliphatic rings. The molecule has 5 nitrogen and oxygen atoms in total. The zero-order chi connectivity index (χ0) is 8.55. The van der Waals surface area contributed by atoms with Crippen molar-refractivity contribution in [3.8, 4) is 0 Å². The molecule has 0 aliphatic carbocycles. The van der Waals surface area contributed by atoms with E-state index in [-0.39, 0.29) is 5.69 Å². The summed E-state index contributed by atoms with van der Waals surface area (Å²) < 4.78 is 0. The maximum atomic E-state index is 10.8. The molecule has 0 atom stereocenters. The minimum atomic E-state index is -0.373. The molecule has 0 fully saturated rings. The van der Waals surface area contributed by atoms with Crippen LogP contribution in [0.25, 0.3) is 11.2 Å². The smallest absolute Gasteiger partial charge is 0.330 e. The number of thioether (sulfide) groups is 1. The van der Waals surface area contributed by atoms with Crippen molar-refractivity contribution in [1.82, 2.24) is 19.9 Å². The Hall–Kier alpha value is -1.30. The van der Waals surface area contributed by atoms with Crippen LogP contribution in [0.5, 0.6) is 0 Å². The van der Waals surface area contributed by atoms with Crippen LogP contribution in [-0.2, 0) is 0 Å². The Kier molecular flexibility index (Phi) is 1.61. The van der Waals surface area contributed by atoms with Gasteiger partial charge < -0.3 is 4.98 Å². The number of hydrogen-bond acceptors (Lipinski definition) is 4. The largest absolute Gasteiger partial charge is 0.346 e. The van der Waals surface area contributed by atoms with Gasteiger partial charge in [0.25, 0.3) is 0 Å². The minimum absolute atomic E-state index is 0.373. The number of aromatic amines is 2. The maximum Gasteiger partial charge on any atom is 0.346 e. The lowest BCUT2D eigenvalue weighted by Gasteiger charge is -1.82. The Labute approximate surface area is 71.6 Å². The fourth-order valence-electron chi connectivity index (χ4n) is 0.906. The van der Waals surface area contributed by atoms with E-state index in [4.69, 9.17) is 0 Å². The van der Waals surface area contributed by atoms with Gasteiger partial charge in [-0.05, 0) is 6.26 Å². The topological polar surface area (TPSA) is 74.4 Å². The van der Waals surface area contributed by atoms with Crippen molar-refractivity contribution in [3.63, 3.8) is 0 Å². The molecular formula is C6H6N4OS. The number of aromatic nitrogens is 4. The Bertz CT molecular complexity index is 460. The van der Waals surface area contributed by atoms with Crippen LogP contribution in [0.4, 0.5) is 0 Å². The van der Waals surface area contributed by atoms with Crippen LogP contribution >= 0.6 is 11.8 Å². The summed E-state index contributed by atoms with van der Waals surface area (Å²) in [6.07, 6.45) is 3.38. The van der Waals surface area contributed by atoms with E-state index in [1.807, 2.05) is 6.26 Å². The SMILES string of the molecule is CSc1nc2[nH]c(=O)ncc2[nH]1. The number of hydrogen-bond donors (Lipinski definition) is 2. The normalized spacial score (nSPS) is 10.8. The fraction of sp³-hybridized carbons (Fsp3) is 0.167. The van der Waals surface area contributed by atoms with Crippen LogP contribution in [-0.4, -0.2) is 26.2 Å². The van der Waals surface area contributed by atoms with Gasteiger partial charge in [-0.25, -0.2) is 9.78 Å². The predicted molar refractivity (Wildman–Crippen MR) is 46.3 cm³/mol. The first-order valence-electron chi connectivity index (χ1n) is 3.28. The quantitative estimate of drug-likeness (QED) is 0.625. The second-order valence-corrected chi connectivity index (χ2v) is 2.99. The summed E-state index contributed by atoms with van der Waals surface area (Å²) in [4.78, 5) is 23.9. The maximum absolute atomic E-state index is 10.8. The van der Waals surface area contributed by atoms with E-state index in [1.165, 1.54) is 18.0 Å². The van der Waals surface area contributed by atoms with E-state index in [0.29, 0.717) is 5.65 Å². The van der Waals surface area contributed by atoms with E-state index >= 15 is 0 Å². The van der Waals surface area contributed by atoms with Gasteiger partial charge in [0.1, 0.15) is 5.52 Å². The molecule has 0 radical (unpaired) electrons. The summed E-state index contributed by atoms with van der Waals surface area (Å²) >= 11 is 1.48. The third-order valence-electron chi connectivity index (χ3n) is 1.44. The molecule has 0 bridgehead atoms. The number of fused-ring (bicyclic) bond motifs is 1. The molecule has 6 heteroatoms. The summed E-state index contributed by atoms with van der Waals surface area (Å²) in [6.45, 7) is 0. The van der Waals surface area contributed by atoms with E-state index in [0.717, 1.165) is 10.7 Å². The van der Waals surface area contributed by atoms with Crippen LogP contribution in [0.15, 0.2) is 16.1 Å². The molecule has 0 unspecified atom stereocenters. The number of rotatable bonds is 1. The standard InChI is InChI=1S/C6H6N4OS/c1-12-6-8-3-2-7-5(11)9-4(3)10-6/h2H,1H3,(H2,7,8,9,10,11). The zero-order valence-corrected chi connectivity index (χ0v) is 7.10. The zero-order valence-electron chi connectivity index (χ0n) is 6.29. The minimum Gasteiger partial charge on any atom is -0.330 e. The molecule has 2 rings (SSSR count). The molecule has 0 spiro atoms. The van der Waals surface area contributed by atoms with Crippen molar-refractivity contribution >= 4 is 22.9 Å². The molecule has 12 heavy (non-hydrogen) atoms. The van der Waals surface area contributed by atoms with Crippen molar-refractivity contribution in [1.29, 1.82) is 0 Å². The first-order chi connectivity index (χ1) is 5.79. The van der Waals surface area contributed by atoms with Crippen LogP contribution in [0.2, 0.25) is 0 Å². The first-order valence-corrected chi connectivity index (χ1v) is 4.51. The second kappa shape index (κ2) is 2.63. The van der Waals surface area contributed by atoms with Gasteiger partial charge in [-0.15, -0.1) is 0 Å². The molecule has 2 aromatic heterocycles. The number of nitrogens with zero attached hydrogens (tertiary/aromatic N) is 2. The van der Waals surface area contributed by atoms with Crippen LogP contribution < -0.4 is 5.69 Å². The lowest BCUT2D eigenvalue weighted by atomic mass is 10.6. The van der Waals surface area contributed by atoms with Crippen molar-refractivity contribution in [3.05, 3.63) is 16.7 Å². The van der Waals surface area contributed by atoms with Gasteiger partial charge in [0.05, 0.1) is 6.20 Å². The van der Waals surface area contributed by atoms with Gasteiger partial charge >= 0.3 is 5.69 Å². The molecule has 0 aromatic carbocycles. The highest BCUT2D eigenvalue weighted by Gasteiger charge is 2.01. The monoisotopic (exact) mass is 182 g/mol. The number of H-pyrrole nitrogens is 2. The second-order valence-electron chi connectivity index (χ2n) is 2.20. The number of nitrogens with one attached hydrogen (secondary N) is 2. The van der Waals surface area contributed by atoms with E-state index in [1.54, 1.807) is 0 Å². The van der Waals surface area contributed by atoms with Gasteiger partial charge in [0.15, 0.2) is 10.8 Å². The molecule has 62 valence electrons. The third-order valence-corrected chi connectivity index (χ3v) is 2.02. The Morgan fingerprint density at radius 2 is 2.33 bits per heavy atom. The Morgan fingerprint density at radius 1 is 1.50 bits per heavy atom. The summed E-state index contributed by atoms with van der Waals surface area (Å²) in [5, 5.41) is 0.772. The molecule has 0 aliphatic heterocycles. The average molecular weight is 182 g/mol. The van der Waals surface area contributed by atoms with Crippen LogP contribution in [0.3, 0.4) is 0 Å². The highest BCUT2D eigenvalue weighted by molar-refractivity contribution is 7.98. The van der Waals surface area contributed by atoms with Gasteiger partial charge in [-0.3, -0.25) is 4.98 Å². The molecule has 0 saturated heterocycles. The van der Waals surface area contributed by atoms with Gasteiger partial charge in [0, 0.05) is 0 Å². The lowest BCUT2D eigenvalue weighted by molar-refractivity contribution is 1.07. The van der Waals surface area contributed by atoms with Crippen molar-refractivity contribution in [2.24, 2.45) is 0 Å². The average Bonchev–Trinajstić information content (AvgIpc) is 2.46. The Balaban J connectivity index is 2.75. The van der Waals surface area contributed by atoms with Gasteiger partial charge in [-0.2, -0.15) is 4.98 Å². The Morgan fingerprint density at radius 3 is 3.08 bits per heavy atom. The van der Waals surface area contributed by atoms with Crippen LogP contribution in [0, 0.1) is 0 Å². The van der Waals surface area contributed by atoms with Crippen molar-refractivity contribution < 1.29 is 0 Å². The fourth-order valence-corrected chi connectivity index (χ4v) is 1.30. The summed E-state index contributed by atoms with van der Waals surface area (Å²) in [5.74, 6) is 0. The van der Waals surface area contributed by atoms with Crippen LogP contribution in [0.1, 0.15) is 0 Å². The van der Waals surface area contributed by atoms with E-state index in [2.05, 4.69) is 19.9 Å². The summed E-state index contributed by atoms with van der Waals surface area (Å²) in [5.41, 5.74) is 0.931. The summed E-state index contributed by atoms with van der Waals surface area (Å²) in [6, 6.07) is 0. The molecule has 0 saturated carbocycles. The summed E-state index contributed by atoms with van der Waals surface area (Å²) in [7, 11) is 0. The molecular weight excluding hydrogens is 176 g/mol. The predicted octanol–water partition coefficient (Wildman–Crippen LogP) is 0.368. The number of imidazole rings is 1. The molecule has 2 aromatic rings. The molecule has 2 N–H and O–H groups in total.